The van der Waals surface area contributed by atoms with Crippen LogP contribution >= 0.6 is 0 Å². The molecule has 3 N–H and O–H groups in total. The average molecular weight is 562 g/mol. The molecule has 8 aliphatic carbocycles. The molecule has 8 bridgehead atoms. The molecule has 0 spiro atoms. The van der Waals surface area contributed by atoms with Gasteiger partial charge in [-0.2, -0.15) is 0 Å². The number of benzene rings is 2. The van der Waals surface area contributed by atoms with Gasteiger partial charge >= 0.3 is 0 Å². The van der Waals surface area contributed by atoms with Crippen molar-refractivity contribution in [3.8, 4) is 11.1 Å². The lowest BCUT2D eigenvalue weighted by atomic mass is 9.49. The number of fused-ring (bicyclic) bond motifs is 1. The Hall–Kier alpha value is -3.41. The second-order valence-electron chi connectivity index (χ2n) is 15.2. The molecule has 0 aliphatic heterocycles. The van der Waals surface area contributed by atoms with Gasteiger partial charge in [-0.25, -0.2) is 0 Å². The molecule has 216 valence electrons. The maximum absolute atomic E-state index is 13.7. The van der Waals surface area contributed by atoms with E-state index in [1.165, 1.54) is 19.3 Å². The van der Waals surface area contributed by atoms with Crippen molar-refractivity contribution >= 4 is 39.9 Å². The highest BCUT2D eigenvalue weighted by molar-refractivity contribution is 6.02. The Morgan fingerprint density at radius 1 is 0.667 bits per heavy atom. The lowest BCUT2D eigenvalue weighted by Gasteiger charge is -2.55. The minimum Gasteiger partial charge on any atom is -0.361 e. The molecule has 8 fully saturated rings. The number of Topliss-reactive ketones (excluding diaryl/α,β-unsaturated/α-hetero) is 1. The average Bonchev–Trinajstić information content (AvgIpc) is 3.38. The molecule has 1 aromatic heterocycles. The number of H-pyrrole nitrogens is 1. The Balaban J connectivity index is 0.926. The first-order valence-electron chi connectivity index (χ1n) is 16.2. The van der Waals surface area contributed by atoms with Crippen molar-refractivity contribution in [3.05, 3.63) is 48.7 Å². The lowest BCUT2D eigenvalue weighted by Crippen LogP contribution is -2.55. The molecule has 11 rings (SSSR count). The third-order valence-electron chi connectivity index (χ3n) is 12.4. The van der Waals surface area contributed by atoms with Gasteiger partial charge in [0.1, 0.15) is 5.78 Å². The molecular weight excluding hydrogens is 522 g/mol. The highest BCUT2D eigenvalue weighted by Gasteiger charge is 2.58. The Morgan fingerprint density at radius 2 is 1.19 bits per heavy atom. The van der Waals surface area contributed by atoms with Crippen LogP contribution in [-0.4, -0.2) is 22.6 Å². The number of hydrogen-bond donors (Lipinski definition) is 3. The standard InChI is InChI=1S/C36H39N3O3/c40-32-25-10-23-11-26(32)18-36(16-23,17-25)34(42)38-27-3-1-24(2-4-27)30-19-37-31-6-5-28(12-29(30)31)39-33(41)35-13-20-7-21(14-35)9-22(8-20)15-35/h1-6,12,19-23,25-26,37H,7-11,13-18H2,(H,38,42)(H,39,41). The molecule has 42 heavy (non-hydrogen) atoms. The predicted octanol–water partition coefficient (Wildman–Crippen LogP) is 7.32. The quantitative estimate of drug-likeness (QED) is 0.305. The minimum atomic E-state index is -0.378. The van der Waals surface area contributed by atoms with Gasteiger partial charge in [0, 0.05) is 45.9 Å². The predicted molar refractivity (Wildman–Crippen MR) is 163 cm³/mol. The van der Waals surface area contributed by atoms with Gasteiger partial charge < -0.3 is 15.6 Å². The number of amides is 2. The van der Waals surface area contributed by atoms with E-state index in [0.29, 0.717) is 11.7 Å². The van der Waals surface area contributed by atoms with Gasteiger partial charge in [0.05, 0.1) is 10.8 Å². The fourth-order valence-electron chi connectivity index (χ4n) is 11.1. The molecule has 6 heteroatoms. The minimum absolute atomic E-state index is 0.0911. The number of anilines is 2. The number of carbonyl (C=O) groups excluding carboxylic acids is 3. The van der Waals surface area contributed by atoms with Crippen LogP contribution in [0.3, 0.4) is 0 Å². The second kappa shape index (κ2) is 8.81. The van der Waals surface area contributed by atoms with Crippen LogP contribution in [0.15, 0.2) is 48.7 Å². The molecule has 2 atom stereocenters. The van der Waals surface area contributed by atoms with Gasteiger partial charge in [0.25, 0.3) is 0 Å². The fourth-order valence-corrected chi connectivity index (χ4v) is 11.1. The summed E-state index contributed by atoms with van der Waals surface area (Å²) in [6.45, 7) is 0. The van der Waals surface area contributed by atoms with Crippen LogP contribution in [0.2, 0.25) is 0 Å². The first-order valence-corrected chi connectivity index (χ1v) is 16.2. The molecule has 6 nitrogen and oxygen atoms in total. The number of carbonyl (C=O) groups is 3. The Kier molecular flexibility index (Phi) is 5.27. The topological polar surface area (TPSA) is 91.1 Å². The zero-order valence-corrected chi connectivity index (χ0v) is 24.1. The van der Waals surface area contributed by atoms with Gasteiger partial charge in [-0.05, 0) is 130 Å². The van der Waals surface area contributed by atoms with Crippen molar-refractivity contribution in [2.75, 3.05) is 10.6 Å². The molecule has 0 saturated heterocycles. The van der Waals surface area contributed by atoms with Crippen LogP contribution in [-0.2, 0) is 14.4 Å². The SMILES string of the molecule is O=C1C2CC3CC1CC(C(=O)Nc1ccc(-c4c[nH]c5ccc(NC(=O)C67CC8CC(CC(C8)C6)C7)cc45)cc1)(C3)C2. The Bertz CT molecular complexity index is 1580. The van der Waals surface area contributed by atoms with Gasteiger partial charge in [-0.1, -0.05) is 12.1 Å². The van der Waals surface area contributed by atoms with Crippen molar-refractivity contribution in [1.82, 2.24) is 4.98 Å². The summed E-state index contributed by atoms with van der Waals surface area (Å²) in [5.41, 5.74) is 4.29. The van der Waals surface area contributed by atoms with Crippen molar-refractivity contribution < 1.29 is 14.4 Å². The van der Waals surface area contributed by atoms with Crippen LogP contribution in [0, 0.1) is 46.3 Å². The summed E-state index contributed by atoms with van der Waals surface area (Å²) in [6.07, 6.45) is 13.5. The maximum atomic E-state index is 13.7. The third kappa shape index (κ3) is 3.79. The largest absolute Gasteiger partial charge is 0.361 e. The van der Waals surface area contributed by atoms with E-state index in [-0.39, 0.29) is 34.5 Å². The van der Waals surface area contributed by atoms with Crippen molar-refractivity contribution in [3.63, 3.8) is 0 Å². The summed E-state index contributed by atoms with van der Waals surface area (Å²) in [4.78, 5) is 43.2. The zero-order chi connectivity index (χ0) is 28.2. The van der Waals surface area contributed by atoms with Crippen molar-refractivity contribution in [2.45, 2.75) is 70.6 Å². The first-order chi connectivity index (χ1) is 20.3. The monoisotopic (exact) mass is 561 g/mol. The fraction of sp³-hybridized carbons (Fsp3) is 0.528. The Labute approximate surface area is 246 Å². The van der Waals surface area contributed by atoms with E-state index in [0.717, 1.165) is 103 Å². The number of nitrogens with one attached hydrogen (secondary N) is 3. The summed E-state index contributed by atoms with van der Waals surface area (Å²) in [7, 11) is 0. The summed E-state index contributed by atoms with van der Waals surface area (Å²) >= 11 is 0. The highest BCUT2D eigenvalue weighted by atomic mass is 16.2. The number of rotatable bonds is 5. The van der Waals surface area contributed by atoms with E-state index in [2.05, 4.69) is 39.9 Å². The molecule has 3 aromatic rings. The zero-order valence-electron chi connectivity index (χ0n) is 24.1. The van der Waals surface area contributed by atoms with Crippen LogP contribution < -0.4 is 10.6 Å². The maximum Gasteiger partial charge on any atom is 0.230 e. The smallest absolute Gasteiger partial charge is 0.230 e. The van der Waals surface area contributed by atoms with E-state index in [4.69, 9.17) is 0 Å². The molecule has 8 saturated carbocycles. The summed E-state index contributed by atoms with van der Waals surface area (Å²) < 4.78 is 0. The molecule has 0 radical (unpaired) electrons. The number of ketones is 1. The molecule has 2 unspecified atom stereocenters. The first kappa shape index (κ1) is 25.1. The number of aromatic amines is 1. The van der Waals surface area contributed by atoms with Crippen LogP contribution in [0.4, 0.5) is 11.4 Å². The van der Waals surface area contributed by atoms with E-state index >= 15 is 0 Å². The van der Waals surface area contributed by atoms with E-state index in [1.807, 2.05) is 24.4 Å². The van der Waals surface area contributed by atoms with E-state index in [9.17, 15) is 14.4 Å². The van der Waals surface area contributed by atoms with Gasteiger partial charge in [0.2, 0.25) is 11.8 Å². The van der Waals surface area contributed by atoms with E-state index < -0.39 is 0 Å². The lowest BCUT2D eigenvalue weighted by molar-refractivity contribution is -0.154. The summed E-state index contributed by atoms with van der Waals surface area (Å²) in [6, 6.07) is 14.2. The normalized spacial score (nSPS) is 37.4. The summed E-state index contributed by atoms with van der Waals surface area (Å²) in [5.74, 6) is 3.66. The van der Waals surface area contributed by atoms with Crippen LogP contribution in [0.5, 0.6) is 0 Å². The summed E-state index contributed by atoms with van der Waals surface area (Å²) in [5, 5.41) is 7.61. The van der Waals surface area contributed by atoms with Gasteiger partial charge in [-0.15, -0.1) is 0 Å². The molecule has 2 amide bonds. The third-order valence-corrected chi connectivity index (χ3v) is 12.4. The Morgan fingerprint density at radius 3 is 1.81 bits per heavy atom. The molecule has 2 aromatic carbocycles. The van der Waals surface area contributed by atoms with Gasteiger partial charge in [0.15, 0.2) is 0 Å². The van der Waals surface area contributed by atoms with Crippen LogP contribution in [0.25, 0.3) is 22.0 Å². The van der Waals surface area contributed by atoms with Crippen LogP contribution in [0.1, 0.15) is 70.6 Å². The molecular formula is C36H39N3O3. The van der Waals surface area contributed by atoms with E-state index in [1.54, 1.807) is 0 Å². The van der Waals surface area contributed by atoms with Crippen molar-refractivity contribution in [2.24, 2.45) is 46.3 Å². The highest BCUT2D eigenvalue weighted by Crippen LogP contribution is 2.61. The number of aromatic nitrogens is 1. The molecule has 1 heterocycles. The van der Waals surface area contributed by atoms with Crippen molar-refractivity contribution in [1.29, 1.82) is 0 Å². The molecule has 8 aliphatic rings. The number of hydrogen-bond acceptors (Lipinski definition) is 3. The van der Waals surface area contributed by atoms with Gasteiger partial charge in [-0.3, -0.25) is 14.4 Å². The second-order valence-corrected chi connectivity index (χ2v) is 15.2.